The molecule has 0 aromatic heterocycles. The van der Waals surface area contributed by atoms with Crippen LogP contribution in [0.5, 0.6) is 0 Å². The smallest absolute Gasteiger partial charge is 0.227 e. The highest BCUT2D eigenvalue weighted by Crippen LogP contribution is 2.60. The fraction of sp³-hybridized carbons (Fsp3) is 0.938. The molecule has 112 valence electrons. The van der Waals surface area contributed by atoms with Gasteiger partial charge in [0.05, 0.1) is 12.1 Å². The quantitative estimate of drug-likeness (QED) is 0.814. The summed E-state index contributed by atoms with van der Waals surface area (Å²) < 4.78 is 0. The van der Waals surface area contributed by atoms with Crippen LogP contribution in [-0.4, -0.2) is 43.7 Å². The van der Waals surface area contributed by atoms with Crippen molar-refractivity contribution in [2.45, 2.75) is 38.5 Å². The summed E-state index contributed by atoms with van der Waals surface area (Å²) in [6.45, 7) is 4.96. The number of hydrogen-bond donors (Lipinski definition) is 2. The Morgan fingerprint density at radius 2 is 1.60 bits per heavy atom. The van der Waals surface area contributed by atoms with E-state index in [2.05, 4.69) is 15.5 Å². The van der Waals surface area contributed by atoms with E-state index in [1.54, 1.807) is 0 Å². The maximum absolute atomic E-state index is 12.8. The molecule has 1 heterocycles. The molecule has 5 aliphatic rings. The van der Waals surface area contributed by atoms with E-state index in [4.69, 9.17) is 0 Å². The Labute approximate surface area is 121 Å². The zero-order valence-corrected chi connectivity index (χ0v) is 12.4. The second-order valence-electron chi connectivity index (χ2n) is 7.73. The molecule has 20 heavy (non-hydrogen) atoms. The summed E-state index contributed by atoms with van der Waals surface area (Å²) in [6.07, 6.45) is 7.74. The van der Waals surface area contributed by atoms with Gasteiger partial charge in [0.1, 0.15) is 0 Å². The standard InChI is InChI=1S/C16H27N3O/c20-15(18-11-19-3-1-17-2-4-19)16-8-12-5-13(9-16)7-14(6-12)10-16/h12-14,17H,1-11H2,(H,18,20). The molecule has 4 nitrogen and oxygen atoms in total. The van der Waals surface area contributed by atoms with Gasteiger partial charge in [-0.2, -0.15) is 0 Å². The normalized spacial score (nSPS) is 43.7. The zero-order valence-electron chi connectivity index (χ0n) is 12.4. The maximum Gasteiger partial charge on any atom is 0.227 e. The van der Waals surface area contributed by atoms with Crippen molar-refractivity contribution < 1.29 is 4.79 Å². The van der Waals surface area contributed by atoms with Gasteiger partial charge in [0, 0.05) is 26.2 Å². The van der Waals surface area contributed by atoms with Gasteiger partial charge < -0.3 is 10.6 Å². The average molecular weight is 277 g/mol. The number of carbonyl (C=O) groups excluding carboxylic acids is 1. The van der Waals surface area contributed by atoms with Crippen molar-refractivity contribution in [2.75, 3.05) is 32.8 Å². The van der Waals surface area contributed by atoms with E-state index in [1.807, 2.05) is 0 Å². The molecule has 0 radical (unpaired) electrons. The first-order valence-electron chi connectivity index (χ1n) is 8.45. The molecule has 0 spiro atoms. The third-order valence-electron chi connectivity index (χ3n) is 6.19. The number of rotatable bonds is 3. The molecule has 4 bridgehead atoms. The van der Waals surface area contributed by atoms with Crippen LogP contribution in [0.1, 0.15) is 38.5 Å². The van der Waals surface area contributed by atoms with E-state index in [0.29, 0.717) is 5.91 Å². The second kappa shape index (κ2) is 4.99. The molecule has 1 amide bonds. The Morgan fingerprint density at radius 3 is 2.15 bits per heavy atom. The molecular weight excluding hydrogens is 250 g/mol. The second-order valence-corrected chi connectivity index (χ2v) is 7.73. The molecular formula is C16H27N3O. The predicted molar refractivity (Wildman–Crippen MR) is 78.1 cm³/mol. The molecule has 0 aromatic carbocycles. The van der Waals surface area contributed by atoms with E-state index < -0.39 is 0 Å². The van der Waals surface area contributed by atoms with E-state index in [0.717, 1.165) is 50.6 Å². The van der Waals surface area contributed by atoms with Crippen LogP contribution in [0.25, 0.3) is 0 Å². The van der Waals surface area contributed by atoms with Crippen LogP contribution in [0.2, 0.25) is 0 Å². The minimum Gasteiger partial charge on any atom is -0.343 e. The van der Waals surface area contributed by atoms with E-state index in [1.165, 1.54) is 38.5 Å². The largest absolute Gasteiger partial charge is 0.343 e. The van der Waals surface area contributed by atoms with Gasteiger partial charge in [0.2, 0.25) is 5.91 Å². The Balaban J connectivity index is 1.38. The highest BCUT2D eigenvalue weighted by Gasteiger charge is 2.54. The molecule has 5 rings (SSSR count). The van der Waals surface area contributed by atoms with Crippen LogP contribution in [0.3, 0.4) is 0 Å². The van der Waals surface area contributed by atoms with Gasteiger partial charge in [0.15, 0.2) is 0 Å². The fourth-order valence-corrected chi connectivity index (χ4v) is 5.63. The molecule has 2 N–H and O–H groups in total. The van der Waals surface area contributed by atoms with Gasteiger partial charge in [-0.3, -0.25) is 9.69 Å². The molecule has 0 unspecified atom stereocenters. The van der Waals surface area contributed by atoms with Crippen LogP contribution in [0.4, 0.5) is 0 Å². The van der Waals surface area contributed by atoms with Crippen LogP contribution in [-0.2, 0) is 4.79 Å². The molecule has 0 atom stereocenters. The Hall–Kier alpha value is -0.610. The number of nitrogens with one attached hydrogen (secondary N) is 2. The first kappa shape index (κ1) is 13.1. The van der Waals surface area contributed by atoms with Gasteiger partial charge in [-0.1, -0.05) is 0 Å². The summed E-state index contributed by atoms with van der Waals surface area (Å²) in [4.78, 5) is 15.1. The summed E-state index contributed by atoms with van der Waals surface area (Å²) >= 11 is 0. The van der Waals surface area contributed by atoms with Gasteiger partial charge in [-0.05, 0) is 56.3 Å². The Bertz CT molecular complexity index is 354. The first-order chi connectivity index (χ1) is 9.73. The van der Waals surface area contributed by atoms with Crippen molar-refractivity contribution in [2.24, 2.45) is 23.2 Å². The van der Waals surface area contributed by atoms with E-state index in [9.17, 15) is 4.79 Å². The highest BCUT2D eigenvalue weighted by atomic mass is 16.2. The van der Waals surface area contributed by atoms with Crippen molar-refractivity contribution >= 4 is 5.91 Å². The highest BCUT2D eigenvalue weighted by molar-refractivity contribution is 5.83. The van der Waals surface area contributed by atoms with Crippen LogP contribution in [0.15, 0.2) is 0 Å². The molecule has 4 aliphatic carbocycles. The van der Waals surface area contributed by atoms with E-state index >= 15 is 0 Å². The maximum atomic E-state index is 12.8. The molecule has 1 aliphatic heterocycles. The third-order valence-corrected chi connectivity index (χ3v) is 6.19. The minimum absolute atomic E-state index is 0.0167. The number of carbonyl (C=O) groups is 1. The monoisotopic (exact) mass is 277 g/mol. The van der Waals surface area contributed by atoms with Crippen LogP contribution < -0.4 is 10.6 Å². The van der Waals surface area contributed by atoms with Crippen molar-refractivity contribution in [1.82, 2.24) is 15.5 Å². The molecule has 4 saturated carbocycles. The molecule has 5 fully saturated rings. The first-order valence-corrected chi connectivity index (χ1v) is 8.45. The number of nitrogens with zero attached hydrogens (tertiary/aromatic N) is 1. The van der Waals surface area contributed by atoms with Crippen molar-refractivity contribution in [3.05, 3.63) is 0 Å². The lowest BCUT2D eigenvalue weighted by atomic mass is 9.49. The number of hydrogen-bond acceptors (Lipinski definition) is 3. The lowest BCUT2D eigenvalue weighted by Crippen LogP contribution is -2.56. The summed E-state index contributed by atoms with van der Waals surface area (Å²) in [6, 6.07) is 0. The SMILES string of the molecule is O=C(NCN1CCNCC1)C12CC3CC(CC(C3)C1)C2. The van der Waals surface area contributed by atoms with Crippen molar-refractivity contribution in [3.8, 4) is 0 Å². The summed E-state index contributed by atoms with van der Waals surface area (Å²) in [5, 5.41) is 6.63. The van der Waals surface area contributed by atoms with Gasteiger partial charge >= 0.3 is 0 Å². The van der Waals surface area contributed by atoms with Crippen molar-refractivity contribution in [3.63, 3.8) is 0 Å². The van der Waals surface area contributed by atoms with Crippen molar-refractivity contribution in [1.29, 1.82) is 0 Å². The topological polar surface area (TPSA) is 44.4 Å². The van der Waals surface area contributed by atoms with Crippen LogP contribution in [0, 0.1) is 23.2 Å². The minimum atomic E-state index is 0.0167. The van der Waals surface area contributed by atoms with E-state index in [-0.39, 0.29) is 5.41 Å². The number of piperazine rings is 1. The lowest BCUT2D eigenvalue weighted by molar-refractivity contribution is -0.147. The van der Waals surface area contributed by atoms with Gasteiger partial charge in [-0.25, -0.2) is 0 Å². The van der Waals surface area contributed by atoms with Gasteiger partial charge in [0.25, 0.3) is 0 Å². The number of amides is 1. The Morgan fingerprint density at radius 1 is 1.05 bits per heavy atom. The van der Waals surface area contributed by atoms with Gasteiger partial charge in [-0.15, -0.1) is 0 Å². The zero-order chi connectivity index (χ0) is 13.6. The third kappa shape index (κ3) is 2.27. The summed E-state index contributed by atoms with van der Waals surface area (Å²) in [5.74, 6) is 2.93. The van der Waals surface area contributed by atoms with Crippen LogP contribution >= 0.6 is 0 Å². The summed E-state index contributed by atoms with van der Waals surface area (Å²) in [5.41, 5.74) is 0.0167. The lowest BCUT2D eigenvalue weighted by Gasteiger charge is -2.55. The molecule has 1 saturated heterocycles. The summed E-state index contributed by atoms with van der Waals surface area (Å²) in [7, 11) is 0. The predicted octanol–water partition coefficient (Wildman–Crippen LogP) is 1.18. The fourth-order valence-electron chi connectivity index (χ4n) is 5.63. The Kier molecular flexibility index (Phi) is 3.26. The molecule has 0 aromatic rings. The molecule has 4 heteroatoms. The average Bonchev–Trinajstić information content (AvgIpc) is 2.44.